The molecule has 0 bridgehead atoms. The van der Waals surface area contributed by atoms with E-state index in [4.69, 9.17) is 14.6 Å². The maximum atomic E-state index is 12.9. The van der Waals surface area contributed by atoms with Crippen molar-refractivity contribution >= 4 is 11.9 Å². The van der Waals surface area contributed by atoms with E-state index in [9.17, 15) is 9.59 Å². The Labute approximate surface area is 170 Å². The number of carbonyl (C=O) groups is 2. The van der Waals surface area contributed by atoms with Crippen LogP contribution in [0.4, 0.5) is 0 Å². The van der Waals surface area contributed by atoms with Crippen LogP contribution in [-0.4, -0.2) is 37.2 Å². The van der Waals surface area contributed by atoms with Crippen LogP contribution in [-0.2, 0) is 16.0 Å². The van der Waals surface area contributed by atoms with Crippen molar-refractivity contribution in [1.82, 2.24) is 5.32 Å². The number of aliphatic carboxylic acids is 1. The lowest BCUT2D eigenvalue weighted by atomic mass is 10.0. The van der Waals surface area contributed by atoms with Crippen LogP contribution in [0.15, 0.2) is 48.5 Å². The third-order valence-corrected chi connectivity index (χ3v) is 5.34. The van der Waals surface area contributed by atoms with Crippen molar-refractivity contribution in [3.05, 3.63) is 59.7 Å². The first-order valence-electron chi connectivity index (χ1n) is 9.79. The molecule has 1 fully saturated rings. The summed E-state index contributed by atoms with van der Waals surface area (Å²) in [4.78, 5) is 23.9. The zero-order chi connectivity index (χ0) is 20.8. The molecule has 1 amide bonds. The largest absolute Gasteiger partial charge is 0.497 e. The number of carboxylic acids is 1. The van der Waals surface area contributed by atoms with Crippen LogP contribution in [0.1, 0.15) is 36.3 Å². The highest BCUT2D eigenvalue weighted by atomic mass is 16.5. The standard InChI is InChI=1S/C23H27NO5/c1-28-17-9-10-21(29-2)19(13-17)18-14-20(18)23(27)24-16(8-11-22(25)26)12-15-6-4-3-5-7-15/h3-7,9-10,13,16,18,20H,8,11-12,14H2,1-2H3,(H,24,27)(H,25,26). The SMILES string of the molecule is COc1ccc(OC)c(C2CC2C(=O)NC(CCC(=O)O)Cc2ccccc2)c1. The maximum absolute atomic E-state index is 12.9. The molecule has 3 unspecified atom stereocenters. The first kappa shape index (κ1) is 20.7. The zero-order valence-electron chi connectivity index (χ0n) is 16.8. The second-order valence-corrected chi connectivity index (χ2v) is 7.38. The Bertz CT molecular complexity index is 852. The van der Waals surface area contributed by atoms with Gasteiger partial charge in [-0.15, -0.1) is 0 Å². The Morgan fingerprint density at radius 1 is 1.14 bits per heavy atom. The Balaban J connectivity index is 1.66. The molecule has 3 rings (SSSR count). The van der Waals surface area contributed by atoms with Crippen molar-refractivity contribution in [3.8, 4) is 11.5 Å². The average Bonchev–Trinajstić information content (AvgIpc) is 3.53. The van der Waals surface area contributed by atoms with E-state index in [2.05, 4.69) is 5.32 Å². The average molecular weight is 397 g/mol. The molecule has 1 aliphatic carbocycles. The second kappa shape index (κ2) is 9.45. The van der Waals surface area contributed by atoms with Crippen LogP contribution in [0.5, 0.6) is 11.5 Å². The fraction of sp³-hybridized carbons (Fsp3) is 0.391. The number of amides is 1. The van der Waals surface area contributed by atoms with Gasteiger partial charge in [-0.05, 0) is 43.0 Å². The second-order valence-electron chi connectivity index (χ2n) is 7.38. The van der Waals surface area contributed by atoms with Crippen molar-refractivity contribution in [2.45, 2.75) is 37.6 Å². The van der Waals surface area contributed by atoms with Crippen molar-refractivity contribution in [2.75, 3.05) is 14.2 Å². The van der Waals surface area contributed by atoms with Crippen LogP contribution in [0.25, 0.3) is 0 Å². The summed E-state index contributed by atoms with van der Waals surface area (Å²) in [5.41, 5.74) is 2.04. The summed E-state index contributed by atoms with van der Waals surface area (Å²) in [5, 5.41) is 12.1. The van der Waals surface area contributed by atoms with Gasteiger partial charge in [0.15, 0.2) is 0 Å². The molecule has 0 aliphatic heterocycles. The fourth-order valence-electron chi connectivity index (χ4n) is 3.69. The summed E-state index contributed by atoms with van der Waals surface area (Å²) in [6.45, 7) is 0. The Morgan fingerprint density at radius 2 is 1.90 bits per heavy atom. The molecule has 2 aromatic carbocycles. The van der Waals surface area contributed by atoms with Gasteiger partial charge in [0.25, 0.3) is 0 Å². The quantitative estimate of drug-likeness (QED) is 0.642. The number of nitrogens with one attached hydrogen (secondary N) is 1. The van der Waals surface area contributed by atoms with Gasteiger partial charge in [-0.1, -0.05) is 30.3 Å². The fourth-order valence-corrected chi connectivity index (χ4v) is 3.69. The predicted octanol–water partition coefficient (Wildman–Crippen LogP) is 3.40. The molecule has 6 nitrogen and oxygen atoms in total. The Kier molecular flexibility index (Phi) is 6.75. The molecule has 0 aromatic heterocycles. The van der Waals surface area contributed by atoms with Crippen molar-refractivity contribution < 1.29 is 24.2 Å². The first-order valence-corrected chi connectivity index (χ1v) is 9.79. The Morgan fingerprint density at radius 3 is 2.55 bits per heavy atom. The van der Waals surface area contributed by atoms with Gasteiger partial charge in [0.1, 0.15) is 11.5 Å². The lowest BCUT2D eigenvalue weighted by Crippen LogP contribution is -2.38. The summed E-state index contributed by atoms with van der Waals surface area (Å²) in [6, 6.07) is 15.2. The Hall–Kier alpha value is -3.02. The molecular weight excluding hydrogens is 370 g/mol. The van der Waals surface area contributed by atoms with Gasteiger partial charge < -0.3 is 19.9 Å². The summed E-state index contributed by atoms with van der Waals surface area (Å²) >= 11 is 0. The van der Waals surface area contributed by atoms with E-state index < -0.39 is 5.97 Å². The number of carbonyl (C=O) groups excluding carboxylic acids is 1. The molecule has 0 spiro atoms. The summed E-state index contributed by atoms with van der Waals surface area (Å²) in [6.07, 6.45) is 1.78. The molecule has 29 heavy (non-hydrogen) atoms. The number of hydrogen-bond acceptors (Lipinski definition) is 4. The number of rotatable bonds is 10. The minimum Gasteiger partial charge on any atom is -0.497 e. The molecule has 2 aromatic rings. The molecule has 0 heterocycles. The molecule has 1 saturated carbocycles. The van der Waals surface area contributed by atoms with Gasteiger partial charge in [0.05, 0.1) is 14.2 Å². The van der Waals surface area contributed by atoms with E-state index in [0.29, 0.717) is 12.8 Å². The molecule has 3 atom stereocenters. The van der Waals surface area contributed by atoms with Crippen molar-refractivity contribution in [3.63, 3.8) is 0 Å². The normalized spacial score (nSPS) is 18.6. The zero-order valence-corrected chi connectivity index (χ0v) is 16.8. The third kappa shape index (κ3) is 5.50. The highest BCUT2D eigenvalue weighted by Crippen LogP contribution is 2.51. The molecule has 2 N–H and O–H groups in total. The van der Waals surface area contributed by atoms with Gasteiger partial charge >= 0.3 is 5.97 Å². The maximum Gasteiger partial charge on any atom is 0.303 e. The van der Waals surface area contributed by atoms with Gasteiger partial charge in [-0.3, -0.25) is 9.59 Å². The summed E-state index contributed by atoms with van der Waals surface area (Å²) in [5.74, 6) is 0.526. The van der Waals surface area contributed by atoms with Crippen LogP contribution < -0.4 is 14.8 Å². The van der Waals surface area contributed by atoms with Crippen molar-refractivity contribution in [2.24, 2.45) is 5.92 Å². The van der Waals surface area contributed by atoms with E-state index in [1.807, 2.05) is 48.5 Å². The predicted molar refractivity (Wildman–Crippen MR) is 109 cm³/mol. The molecular formula is C23H27NO5. The third-order valence-electron chi connectivity index (χ3n) is 5.34. The highest BCUT2D eigenvalue weighted by molar-refractivity contribution is 5.83. The topological polar surface area (TPSA) is 84.9 Å². The minimum atomic E-state index is -0.859. The van der Waals surface area contributed by atoms with Crippen molar-refractivity contribution in [1.29, 1.82) is 0 Å². The molecule has 6 heteroatoms. The number of ether oxygens (including phenoxy) is 2. The van der Waals surface area contributed by atoms with Crippen LogP contribution in [0.3, 0.4) is 0 Å². The van der Waals surface area contributed by atoms with E-state index >= 15 is 0 Å². The van der Waals surface area contributed by atoms with Gasteiger partial charge in [0.2, 0.25) is 5.91 Å². The van der Waals surface area contributed by atoms with E-state index in [0.717, 1.165) is 29.0 Å². The van der Waals surface area contributed by atoms with Gasteiger partial charge in [-0.2, -0.15) is 0 Å². The summed E-state index contributed by atoms with van der Waals surface area (Å²) in [7, 11) is 3.23. The van der Waals surface area contributed by atoms with E-state index in [1.165, 1.54) is 0 Å². The van der Waals surface area contributed by atoms with E-state index in [-0.39, 0.29) is 30.2 Å². The molecule has 0 saturated heterocycles. The smallest absolute Gasteiger partial charge is 0.303 e. The number of carboxylic acid groups (broad SMARTS) is 1. The van der Waals surface area contributed by atoms with Crippen LogP contribution in [0.2, 0.25) is 0 Å². The van der Waals surface area contributed by atoms with Crippen LogP contribution >= 0.6 is 0 Å². The number of hydrogen-bond donors (Lipinski definition) is 2. The molecule has 0 radical (unpaired) electrons. The van der Waals surface area contributed by atoms with Crippen LogP contribution in [0, 0.1) is 5.92 Å². The lowest BCUT2D eigenvalue weighted by Gasteiger charge is -2.18. The number of methoxy groups -OCH3 is 2. The minimum absolute atomic E-state index is 0.0234. The van der Waals surface area contributed by atoms with Gasteiger partial charge in [0, 0.05) is 29.9 Å². The monoisotopic (exact) mass is 397 g/mol. The van der Waals surface area contributed by atoms with E-state index in [1.54, 1.807) is 14.2 Å². The summed E-state index contributed by atoms with van der Waals surface area (Å²) < 4.78 is 10.7. The molecule has 1 aliphatic rings. The molecule has 154 valence electrons. The highest BCUT2D eigenvalue weighted by Gasteiger charge is 2.45. The lowest BCUT2D eigenvalue weighted by molar-refractivity contribution is -0.137. The first-order chi connectivity index (χ1) is 14.0. The number of benzene rings is 2. The van der Waals surface area contributed by atoms with Gasteiger partial charge in [-0.25, -0.2) is 0 Å².